The molecular weight excluding hydrogens is 186 g/mol. The van der Waals surface area contributed by atoms with Gasteiger partial charge in [-0.15, -0.1) is 0 Å². The lowest BCUT2D eigenvalue weighted by Gasteiger charge is -2.21. The quantitative estimate of drug-likeness (QED) is 0.770. The van der Waals surface area contributed by atoms with Crippen molar-refractivity contribution in [2.45, 2.75) is 45.6 Å². The van der Waals surface area contributed by atoms with Gasteiger partial charge in [-0.2, -0.15) is 0 Å². The molecule has 4 unspecified atom stereocenters. The van der Waals surface area contributed by atoms with E-state index >= 15 is 0 Å². The van der Waals surface area contributed by atoms with Crippen molar-refractivity contribution in [2.24, 2.45) is 17.8 Å². The maximum Gasteiger partial charge on any atom is 0.0583 e. The van der Waals surface area contributed by atoms with Crippen LogP contribution in [0, 0.1) is 17.8 Å². The summed E-state index contributed by atoms with van der Waals surface area (Å²) in [6, 6.07) is 0. The third-order valence-electron chi connectivity index (χ3n) is 4.25. The molecule has 1 N–H and O–H groups in total. The summed E-state index contributed by atoms with van der Waals surface area (Å²) >= 11 is 0. The minimum absolute atomic E-state index is 0.00137. The van der Waals surface area contributed by atoms with Gasteiger partial charge in [0, 0.05) is 25.6 Å². The molecule has 1 saturated carbocycles. The highest BCUT2D eigenvalue weighted by molar-refractivity contribution is 4.93. The summed E-state index contributed by atoms with van der Waals surface area (Å²) in [5.74, 6) is 2.22. The summed E-state index contributed by atoms with van der Waals surface area (Å²) in [5, 5.41) is 9.83. The molecule has 15 heavy (non-hydrogen) atoms. The van der Waals surface area contributed by atoms with Gasteiger partial charge in [-0.25, -0.2) is 0 Å². The van der Waals surface area contributed by atoms with E-state index in [2.05, 4.69) is 18.7 Å². The van der Waals surface area contributed by atoms with Crippen LogP contribution < -0.4 is 0 Å². The van der Waals surface area contributed by atoms with E-state index in [1.54, 1.807) is 0 Å². The van der Waals surface area contributed by atoms with Gasteiger partial charge in [-0.1, -0.05) is 20.3 Å². The predicted molar refractivity (Wildman–Crippen MR) is 62.7 cm³/mol. The monoisotopic (exact) mass is 211 g/mol. The third-order valence-corrected chi connectivity index (χ3v) is 4.25. The molecule has 0 radical (unpaired) electrons. The molecule has 1 heterocycles. The third kappa shape index (κ3) is 2.54. The largest absolute Gasteiger partial charge is 0.393 e. The number of likely N-dealkylation sites (tertiary alicyclic amines) is 1. The summed E-state index contributed by atoms with van der Waals surface area (Å²) in [7, 11) is 0. The highest BCUT2D eigenvalue weighted by Crippen LogP contribution is 2.38. The molecule has 2 rings (SSSR count). The summed E-state index contributed by atoms with van der Waals surface area (Å²) in [6.07, 6.45) is 4.94. The molecule has 2 aliphatic rings. The van der Waals surface area contributed by atoms with Crippen LogP contribution in [0.15, 0.2) is 0 Å². The van der Waals surface area contributed by atoms with Crippen LogP contribution >= 0.6 is 0 Å². The molecule has 0 aromatic rings. The standard InChI is InChI=1S/C13H25NO/c1-3-4-10(2)7-14-8-11-5-6-13(15)12(11)9-14/h10-13,15H,3-9H2,1-2H3. The molecule has 88 valence electrons. The highest BCUT2D eigenvalue weighted by Gasteiger charge is 2.41. The molecule has 0 aromatic carbocycles. The maximum atomic E-state index is 9.83. The van der Waals surface area contributed by atoms with Gasteiger partial charge in [0.2, 0.25) is 0 Å². The minimum Gasteiger partial charge on any atom is -0.393 e. The van der Waals surface area contributed by atoms with Gasteiger partial charge < -0.3 is 10.0 Å². The Morgan fingerprint density at radius 3 is 2.80 bits per heavy atom. The minimum atomic E-state index is 0.00137. The topological polar surface area (TPSA) is 23.5 Å². The van der Waals surface area contributed by atoms with Crippen molar-refractivity contribution >= 4 is 0 Å². The van der Waals surface area contributed by atoms with Crippen molar-refractivity contribution in [3.63, 3.8) is 0 Å². The van der Waals surface area contributed by atoms with Crippen molar-refractivity contribution in [3.8, 4) is 0 Å². The molecule has 4 atom stereocenters. The summed E-state index contributed by atoms with van der Waals surface area (Å²) < 4.78 is 0. The number of hydrogen-bond donors (Lipinski definition) is 1. The molecule has 2 nitrogen and oxygen atoms in total. The van der Waals surface area contributed by atoms with Gasteiger partial charge >= 0.3 is 0 Å². The number of rotatable bonds is 4. The molecule has 2 fully saturated rings. The fraction of sp³-hybridized carbons (Fsp3) is 1.00. The van der Waals surface area contributed by atoms with E-state index in [4.69, 9.17) is 0 Å². The van der Waals surface area contributed by atoms with Crippen LogP contribution in [0.1, 0.15) is 39.5 Å². The molecule has 0 aromatic heterocycles. The van der Waals surface area contributed by atoms with Crippen LogP contribution in [-0.2, 0) is 0 Å². The van der Waals surface area contributed by atoms with Gasteiger partial charge in [-0.05, 0) is 31.1 Å². The lowest BCUT2D eigenvalue weighted by molar-refractivity contribution is 0.122. The Bertz CT molecular complexity index is 207. The van der Waals surface area contributed by atoms with Crippen molar-refractivity contribution in [2.75, 3.05) is 19.6 Å². The smallest absolute Gasteiger partial charge is 0.0583 e. The molecule has 0 bridgehead atoms. The van der Waals surface area contributed by atoms with E-state index in [-0.39, 0.29) is 6.10 Å². The van der Waals surface area contributed by atoms with Gasteiger partial charge in [-0.3, -0.25) is 0 Å². The van der Waals surface area contributed by atoms with E-state index < -0.39 is 0 Å². The van der Waals surface area contributed by atoms with Gasteiger partial charge in [0.05, 0.1) is 6.10 Å². The number of nitrogens with zero attached hydrogens (tertiary/aromatic N) is 1. The lowest BCUT2D eigenvalue weighted by Crippen LogP contribution is -2.28. The average molecular weight is 211 g/mol. The Balaban J connectivity index is 1.78. The van der Waals surface area contributed by atoms with Crippen molar-refractivity contribution in [3.05, 3.63) is 0 Å². The summed E-state index contributed by atoms with van der Waals surface area (Å²) in [5.41, 5.74) is 0. The van der Waals surface area contributed by atoms with Crippen LogP contribution in [0.2, 0.25) is 0 Å². The number of fused-ring (bicyclic) bond motifs is 1. The number of aliphatic hydroxyl groups excluding tert-OH is 1. The van der Waals surface area contributed by atoms with Crippen LogP contribution in [0.4, 0.5) is 0 Å². The Kier molecular flexibility index (Phi) is 3.68. The molecule has 0 amide bonds. The molecule has 2 heteroatoms. The SMILES string of the molecule is CCCC(C)CN1CC2CCC(O)C2C1. The Morgan fingerprint density at radius 2 is 2.13 bits per heavy atom. The van der Waals surface area contributed by atoms with Crippen LogP contribution in [0.3, 0.4) is 0 Å². The predicted octanol–water partition coefficient (Wildman–Crippen LogP) is 2.13. The van der Waals surface area contributed by atoms with Crippen LogP contribution in [0.5, 0.6) is 0 Å². The van der Waals surface area contributed by atoms with E-state index in [1.807, 2.05) is 0 Å². The summed E-state index contributed by atoms with van der Waals surface area (Å²) in [4.78, 5) is 2.58. The maximum absolute atomic E-state index is 9.83. The average Bonchev–Trinajstić information content (AvgIpc) is 2.69. The zero-order chi connectivity index (χ0) is 10.8. The van der Waals surface area contributed by atoms with Gasteiger partial charge in [0.1, 0.15) is 0 Å². The first-order chi connectivity index (χ1) is 7.20. The Labute approximate surface area is 93.7 Å². The summed E-state index contributed by atoms with van der Waals surface area (Å²) in [6.45, 7) is 8.26. The van der Waals surface area contributed by atoms with Crippen LogP contribution in [-0.4, -0.2) is 35.7 Å². The fourth-order valence-electron chi connectivity index (χ4n) is 3.50. The van der Waals surface area contributed by atoms with Crippen molar-refractivity contribution < 1.29 is 5.11 Å². The molecule has 1 aliphatic heterocycles. The second-order valence-electron chi connectivity index (χ2n) is 5.68. The molecule has 1 aliphatic carbocycles. The van der Waals surface area contributed by atoms with Gasteiger partial charge in [0.25, 0.3) is 0 Å². The second-order valence-corrected chi connectivity index (χ2v) is 5.68. The zero-order valence-corrected chi connectivity index (χ0v) is 10.2. The fourth-order valence-corrected chi connectivity index (χ4v) is 3.50. The van der Waals surface area contributed by atoms with E-state index in [9.17, 15) is 5.11 Å². The first-order valence-corrected chi connectivity index (χ1v) is 6.61. The van der Waals surface area contributed by atoms with Crippen molar-refractivity contribution in [1.82, 2.24) is 4.90 Å². The van der Waals surface area contributed by atoms with Crippen molar-refractivity contribution in [1.29, 1.82) is 0 Å². The molecule has 0 spiro atoms. The van der Waals surface area contributed by atoms with E-state index in [0.717, 1.165) is 24.8 Å². The number of hydrogen-bond acceptors (Lipinski definition) is 2. The number of aliphatic hydroxyl groups is 1. The van der Waals surface area contributed by atoms with E-state index in [1.165, 1.54) is 32.4 Å². The second kappa shape index (κ2) is 4.84. The van der Waals surface area contributed by atoms with Gasteiger partial charge in [0.15, 0.2) is 0 Å². The Hall–Kier alpha value is -0.0800. The lowest BCUT2D eigenvalue weighted by atomic mass is 10.00. The molecular formula is C13H25NO. The molecule has 1 saturated heterocycles. The van der Waals surface area contributed by atoms with Crippen LogP contribution in [0.25, 0.3) is 0 Å². The normalized spacial score (nSPS) is 38.2. The van der Waals surface area contributed by atoms with E-state index in [0.29, 0.717) is 5.92 Å². The Morgan fingerprint density at radius 1 is 1.33 bits per heavy atom. The first kappa shape index (κ1) is 11.4. The first-order valence-electron chi connectivity index (χ1n) is 6.61. The zero-order valence-electron chi connectivity index (χ0n) is 10.2. The highest BCUT2D eigenvalue weighted by atomic mass is 16.3.